The van der Waals surface area contributed by atoms with Crippen LogP contribution in [0.25, 0.3) is 0 Å². The monoisotopic (exact) mass is 259 g/mol. The molecule has 88 valence electrons. The van der Waals surface area contributed by atoms with Gasteiger partial charge in [0, 0.05) is 6.54 Å². The molecule has 0 fully saturated rings. The van der Waals surface area contributed by atoms with Crippen molar-refractivity contribution in [1.82, 2.24) is 5.32 Å². The third kappa shape index (κ3) is 3.94. The molecule has 2 N–H and O–H groups in total. The van der Waals surface area contributed by atoms with Gasteiger partial charge in [0.2, 0.25) is 0 Å². The molecule has 0 aliphatic heterocycles. The molecule has 1 amide bonds. The van der Waals surface area contributed by atoms with E-state index in [0.717, 1.165) is 12.2 Å². The lowest BCUT2D eigenvalue weighted by Gasteiger charge is -2.06. The Balaban J connectivity index is 2.55. The predicted molar refractivity (Wildman–Crippen MR) is 68.4 cm³/mol. The van der Waals surface area contributed by atoms with Crippen molar-refractivity contribution >= 4 is 29.3 Å². The van der Waals surface area contributed by atoms with Gasteiger partial charge in [-0.3, -0.25) is 4.79 Å². The molecule has 0 aliphatic rings. The number of aromatic hydroxyl groups is 1. The first-order valence-corrected chi connectivity index (χ1v) is 6.68. The first kappa shape index (κ1) is 13.2. The Morgan fingerprint density at radius 2 is 2.31 bits per heavy atom. The zero-order valence-electron chi connectivity index (χ0n) is 9.00. The first-order chi connectivity index (χ1) is 7.65. The van der Waals surface area contributed by atoms with Gasteiger partial charge in [-0.25, -0.2) is 0 Å². The molecule has 0 atom stereocenters. The minimum Gasteiger partial charge on any atom is -0.508 e. The molecule has 0 radical (unpaired) electrons. The van der Waals surface area contributed by atoms with Crippen molar-refractivity contribution < 1.29 is 9.90 Å². The summed E-state index contributed by atoms with van der Waals surface area (Å²) in [4.78, 5) is 11.7. The number of amides is 1. The molecule has 0 saturated heterocycles. The van der Waals surface area contributed by atoms with Crippen LogP contribution in [0.3, 0.4) is 0 Å². The highest BCUT2D eigenvalue weighted by atomic mass is 35.5. The number of hydrogen-bond donors (Lipinski definition) is 2. The summed E-state index contributed by atoms with van der Waals surface area (Å²) < 4.78 is 0. The normalized spacial score (nSPS) is 10.1. The third-order valence-electron chi connectivity index (χ3n) is 2.01. The Bertz CT molecular complexity index is 371. The van der Waals surface area contributed by atoms with Gasteiger partial charge in [-0.2, -0.15) is 11.8 Å². The summed E-state index contributed by atoms with van der Waals surface area (Å²) in [6, 6.07) is 4.33. The van der Waals surface area contributed by atoms with Crippen molar-refractivity contribution in [2.45, 2.75) is 6.42 Å². The van der Waals surface area contributed by atoms with E-state index >= 15 is 0 Å². The number of carbonyl (C=O) groups is 1. The summed E-state index contributed by atoms with van der Waals surface area (Å²) in [7, 11) is 0. The molecule has 0 saturated carbocycles. The molecule has 16 heavy (non-hydrogen) atoms. The van der Waals surface area contributed by atoms with Crippen LogP contribution in [0.5, 0.6) is 5.75 Å². The molecule has 0 unspecified atom stereocenters. The van der Waals surface area contributed by atoms with Gasteiger partial charge in [-0.15, -0.1) is 0 Å². The molecule has 3 nitrogen and oxygen atoms in total. The van der Waals surface area contributed by atoms with Gasteiger partial charge in [0.1, 0.15) is 5.75 Å². The van der Waals surface area contributed by atoms with Crippen LogP contribution < -0.4 is 5.32 Å². The molecule has 1 aromatic carbocycles. The van der Waals surface area contributed by atoms with Crippen LogP contribution in [-0.4, -0.2) is 29.6 Å². The zero-order chi connectivity index (χ0) is 12.0. The van der Waals surface area contributed by atoms with E-state index in [1.165, 1.54) is 18.2 Å². The van der Waals surface area contributed by atoms with Crippen molar-refractivity contribution in [3.05, 3.63) is 28.8 Å². The lowest BCUT2D eigenvalue weighted by molar-refractivity contribution is 0.0953. The van der Waals surface area contributed by atoms with Crippen molar-refractivity contribution in [3.63, 3.8) is 0 Å². The van der Waals surface area contributed by atoms with Crippen molar-refractivity contribution in [2.75, 3.05) is 18.6 Å². The van der Waals surface area contributed by atoms with E-state index in [4.69, 9.17) is 11.6 Å². The number of halogens is 1. The highest BCUT2D eigenvalue weighted by Crippen LogP contribution is 2.20. The minimum absolute atomic E-state index is 0.0404. The number of phenolic OH excluding ortho intramolecular Hbond substituents is 1. The van der Waals surface area contributed by atoms with Gasteiger partial charge >= 0.3 is 0 Å². The second kappa shape index (κ2) is 6.66. The smallest absolute Gasteiger partial charge is 0.252 e. The molecule has 5 heteroatoms. The lowest BCUT2D eigenvalue weighted by atomic mass is 10.2. The van der Waals surface area contributed by atoms with Crippen LogP contribution in [0.15, 0.2) is 18.2 Å². The van der Waals surface area contributed by atoms with E-state index in [-0.39, 0.29) is 11.7 Å². The summed E-state index contributed by atoms with van der Waals surface area (Å²) in [6.07, 6.45) is 2.94. The van der Waals surface area contributed by atoms with Crippen molar-refractivity contribution in [3.8, 4) is 5.75 Å². The fourth-order valence-electron chi connectivity index (χ4n) is 1.20. The topological polar surface area (TPSA) is 49.3 Å². The minimum atomic E-state index is -0.248. The van der Waals surface area contributed by atoms with Crippen LogP contribution >= 0.6 is 23.4 Å². The van der Waals surface area contributed by atoms with Gasteiger partial charge in [-0.1, -0.05) is 11.6 Å². The average molecular weight is 260 g/mol. The summed E-state index contributed by atoms with van der Waals surface area (Å²) >= 11 is 7.59. The summed E-state index contributed by atoms with van der Waals surface area (Å²) in [6.45, 7) is 0.617. The standard InChI is InChI=1S/C11H14ClNO2S/c1-16-6-2-5-13-11(15)9-7-8(14)3-4-10(9)12/h3-4,7,14H,2,5-6H2,1H3,(H,13,15). The second-order valence-electron chi connectivity index (χ2n) is 3.27. The molecule has 0 heterocycles. The van der Waals surface area contributed by atoms with Crippen molar-refractivity contribution in [2.24, 2.45) is 0 Å². The lowest BCUT2D eigenvalue weighted by Crippen LogP contribution is -2.25. The summed E-state index contributed by atoms with van der Waals surface area (Å²) in [5.74, 6) is 0.800. The zero-order valence-corrected chi connectivity index (χ0v) is 10.6. The molecular formula is C11H14ClNO2S. The maximum atomic E-state index is 11.7. The maximum Gasteiger partial charge on any atom is 0.252 e. The molecule has 0 aliphatic carbocycles. The van der Waals surface area contributed by atoms with E-state index in [9.17, 15) is 9.90 Å². The Labute approximate surface area is 104 Å². The number of rotatable bonds is 5. The Kier molecular flexibility index (Phi) is 5.49. The quantitative estimate of drug-likeness (QED) is 0.799. The Hall–Kier alpha value is -0.870. The third-order valence-corrected chi connectivity index (χ3v) is 3.03. The fourth-order valence-corrected chi connectivity index (χ4v) is 1.84. The summed E-state index contributed by atoms with van der Waals surface area (Å²) in [5.41, 5.74) is 0.311. The van der Waals surface area contributed by atoms with Crippen LogP contribution in [0.4, 0.5) is 0 Å². The molecule has 0 bridgehead atoms. The van der Waals surface area contributed by atoms with Crippen LogP contribution in [-0.2, 0) is 0 Å². The van der Waals surface area contributed by atoms with Crippen molar-refractivity contribution in [1.29, 1.82) is 0 Å². The van der Waals surface area contributed by atoms with Gasteiger partial charge in [-0.05, 0) is 36.6 Å². The highest BCUT2D eigenvalue weighted by Gasteiger charge is 2.10. The number of phenols is 1. The largest absolute Gasteiger partial charge is 0.508 e. The number of carbonyl (C=O) groups excluding carboxylic acids is 1. The van der Waals surface area contributed by atoms with E-state index < -0.39 is 0 Å². The van der Waals surface area contributed by atoms with Crippen LogP contribution in [0.1, 0.15) is 16.8 Å². The van der Waals surface area contributed by atoms with E-state index in [1.807, 2.05) is 6.26 Å². The Morgan fingerprint density at radius 1 is 1.56 bits per heavy atom. The van der Waals surface area contributed by atoms with Crippen LogP contribution in [0, 0.1) is 0 Å². The fraction of sp³-hybridized carbons (Fsp3) is 0.364. The van der Waals surface area contributed by atoms with E-state index in [0.29, 0.717) is 17.1 Å². The van der Waals surface area contributed by atoms with Gasteiger partial charge in [0.05, 0.1) is 10.6 Å². The maximum absolute atomic E-state index is 11.7. The first-order valence-electron chi connectivity index (χ1n) is 4.91. The predicted octanol–water partition coefficient (Wildman–Crippen LogP) is 2.53. The number of hydrogen-bond acceptors (Lipinski definition) is 3. The van der Waals surface area contributed by atoms with Gasteiger partial charge in [0.25, 0.3) is 5.91 Å². The van der Waals surface area contributed by atoms with Crippen LogP contribution in [0.2, 0.25) is 5.02 Å². The molecule has 0 spiro atoms. The Morgan fingerprint density at radius 3 is 3.00 bits per heavy atom. The number of nitrogens with one attached hydrogen (secondary N) is 1. The van der Waals surface area contributed by atoms with Gasteiger partial charge < -0.3 is 10.4 Å². The average Bonchev–Trinajstić information content (AvgIpc) is 2.27. The molecule has 0 aromatic heterocycles. The van der Waals surface area contributed by atoms with E-state index in [2.05, 4.69) is 5.32 Å². The number of benzene rings is 1. The molecule has 1 rings (SSSR count). The highest BCUT2D eigenvalue weighted by molar-refractivity contribution is 7.98. The summed E-state index contributed by atoms with van der Waals surface area (Å²) in [5, 5.41) is 12.4. The second-order valence-corrected chi connectivity index (χ2v) is 4.66. The van der Waals surface area contributed by atoms with E-state index in [1.54, 1.807) is 11.8 Å². The van der Waals surface area contributed by atoms with Gasteiger partial charge in [0.15, 0.2) is 0 Å². The molecular weight excluding hydrogens is 246 g/mol. The SMILES string of the molecule is CSCCCNC(=O)c1cc(O)ccc1Cl. The molecule has 1 aromatic rings. The number of thioether (sulfide) groups is 1.